The second kappa shape index (κ2) is 8.54. The van der Waals surface area contributed by atoms with Crippen molar-refractivity contribution in [3.8, 4) is 0 Å². The Morgan fingerprint density at radius 3 is 0.750 bits per heavy atom. The maximum atomic E-state index is 8.60. The molecule has 0 unspecified atom stereocenters. The van der Waals surface area contributed by atoms with Gasteiger partial charge in [0.15, 0.2) is 0 Å². The van der Waals surface area contributed by atoms with Crippen molar-refractivity contribution < 1.29 is 85.3 Å². The van der Waals surface area contributed by atoms with Crippen LogP contribution in [0.1, 0.15) is 0 Å². The quantitative estimate of drug-likeness (QED) is 0.436. The van der Waals surface area contributed by atoms with Crippen LogP contribution in [0.3, 0.4) is 0 Å². The topological polar surface area (TPSA) is 196 Å². The Morgan fingerprint density at radius 1 is 0.750 bits per heavy atom. The molecule has 0 atom stereocenters. The Balaban J connectivity index is -0.000000112. The van der Waals surface area contributed by atoms with E-state index in [-0.39, 0.29) is 0 Å². The molecule has 0 heterocycles. The molecule has 12 heavy (non-hydrogen) atoms. The van der Waals surface area contributed by atoms with E-state index in [0.717, 1.165) is 0 Å². The van der Waals surface area contributed by atoms with Gasteiger partial charge in [-0.25, -0.2) is 0 Å². The Labute approximate surface area is 85.2 Å². The molecule has 0 radical (unpaired) electrons. The Kier molecular flexibility index (Phi) is 13.3. The summed E-state index contributed by atoms with van der Waals surface area (Å²) in [6, 6.07) is 0. The predicted molar refractivity (Wildman–Crippen MR) is 5.12 cm³/mol. The summed E-state index contributed by atoms with van der Waals surface area (Å²) >= 11 is 0.300. The molecule has 2 N–H and O–H groups in total. The maximum absolute atomic E-state index is 8.60. The van der Waals surface area contributed by atoms with E-state index in [2.05, 4.69) is 0 Å². The molecule has 0 aliphatic rings. The molecule has 0 saturated heterocycles. The molecular weight excluding hydrogens is 306 g/mol. The van der Waals surface area contributed by atoms with Crippen molar-refractivity contribution in [2.75, 3.05) is 0 Å². The van der Waals surface area contributed by atoms with Crippen molar-refractivity contribution in [2.24, 2.45) is 0 Å². The summed E-state index contributed by atoms with van der Waals surface area (Å²) < 4.78 is 73.8. The van der Waals surface area contributed by atoms with Gasteiger partial charge in [0.2, 0.25) is 0 Å². The molecule has 0 rings (SSSR count). The molecule has 0 saturated carbocycles. The monoisotopic (exact) mass is 306 g/mol. The Bertz CT molecular complexity index is 65.7. The second-order valence-electron chi connectivity index (χ2n) is 0.792. The molecule has 0 spiro atoms. The van der Waals surface area contributed by atoms with Crippen molar-refractivity contribution in [2.45, 2.75) is 0 Å². The van der Waals surface area contributed by atoms with E-state index in [1.54, 1.807) is 0 Å². The van der Waals surface area contributed by atoms with Gasteiger partial charge in [0.1, 0.15) is 0 Å². The normalized spacial score (nSPS) is 10.2. The zero-order chi connectivity index (χ0) is 11.0. The summed E-state index contributed by atoms with van der Waals surface area (Å²) in [7, 11) is -9.39. The molecule has 9 nitrogen and oxygen atoms in total. The summed E-state index contributed by atoms with van der Waals surface area (Å²) in [4.78, 5) is 0. The van der Waals surface area contributed by atoms with Crippen LogP contribution >= 0.6 is 0 Å². The molecule has 0 aliphatic heterocycles. The number of hydrogen-bond acceptors (Lipinski definition) is 9. The van der Waals surface area contributed by atoms with Gasteiger partial charge in [0.25, 0.3) is 0 Å². The number of rotatable bonds is 0. The first kappa shape index (κ1) is 18.7. The average molecular weight is 308 g/mol. The van der Waals surface area contributed by atoms with Gasteiger partial charge in [-0.05, 0) is 0 Å². The molecule has 12 heteroatoms. The summed E-state index contributed by atoms with van der Waals surface area (Å²) in [5.41, 5.74) is 0. The van der Waals surface area contributed by atoms with Gasteiger partial charge < -0.3 is 0 Å². The van der Waals surface area contributed by atoms with E-state index in [0.29, 0.717) is 24.7 Å². The first-order chi connectivity index (χ1) is 5.00. The fraction of sp³-hybridized carbons (Fsp3) is 0. The van der Waals surface area contributed by atoms with E-state index in [1.165, 1.54) is 0 Å². The van der Waals surface area contributed by atoms with Crippen molar-refractivity contribution >= 4 is 0 Å². The van der Waals surface area contributed by atoms with Crippen LogP contribution in [-0.4, -0.2) is 9.32 Å². The summed E-state index contributed by atoms with van der Waals surface area (Å²) in [5.74, 6) is 0. The zero-order valence-electron chi connectivity index (χ0n) is 5.01. The van der Waals surface area contributed by atoms with Gasteiger partial charge in [0.05, 0.1) is 29.8 Å². The van der Waals surface area contributed by atoms with Crippen molar-refractivity contribution in [1.82, 2.24) is 0 Å². The number of halogens is 2. The van der Waals surface area contributed by atoms with E-state index in [1.807, 2.05) is 0 Å². The average Bonchev–Trinajstić information content (AvgIpc) is 1.59. The fourth-order valence-corrected chi connectivity index (χ4v) is 0. The van der Waals surface area contributed by atoms with Crippen LogP contribution in [0.15, 0.2) is 0 Å². The van der Waals surface area contributed by atoms with Crippen LogP contribution in [-0.2, 0) is 27.5 Å². The molecule has 0 bridgehead atoms. The molecule has 0 aromatic carbocycles. The molecular formula is H2Cl2O9Zr. The second-order valence-corrected chi connectivity index (χ2v) is 2.38. The summed E-state index contributed by atoms with van der Waals surface area (Å²) in [6.45, 7) is 0. The van der Waals surface area contributed by atoms with E-state index in [9.17, 15) is 0 Å². The molecule has 0 amide bonds. The summed E-state index contributed by atoms with van der Waals surface area (Å²) in [6.07, 6.45) is 0. The Hall–Kier alpha value is 0.943. The van der Waals surface area contributed by atoms with Gasteiger partial charge in [-0.2, -0.15) is 28.0 Å². The molecule has 0 aliphatic carbocycles. The third-order valence-electron chi connectivity index (χ3n) is 0. The van der Waals surface area contributed by atoms with Crippen LogP contribution in [0, 0.1) is 20.5 Å². The SMILES string of the molecule is [O-][Cl+3]([O-])([O-])O.[O-][Cl+3]([O-])([O-])O.[O]=[Zr]. The third kappa shape index (κ3) is 1220. The van der Waals surface area contributed by atoms with Gasteiger partial charge in [-0.15, -0.1) is 0 Å². The molecule has 0 aromatic rings. The molecule has 74 valence electrons. The van der Waals surface area contributed by atoms with Gasteiger partial charge in [-0.1, -0.05) is 0 Å². The van der Waals surface area contributed by atoms with Crippen LogP contribution in [0.2, 0.25) is 0 Å². The first-order valence-electron chi connectivity index (χ1n) is 1.47. The Morgan fingerprint density at radius 2 is 0.750 bits per heavy atom. The van der Waals surface area contributed by atoms with Gasteiger partial charge in [-0.3, -0.25) is 0 Å². The van der Waals surface area contributed by atoms with Gasteiger partial charge >= 0.3 is 27.5 Å². The van der Waals surface area contributed by atoms with Gasteiger partial charge in [0, 0.05) is 0 Å². The van der Waals surface area contributed by atoms with Crippen molar-refractivity contribution in [3.63, 3.8) is 0 Å². The number of hydrogen-bond donors (Lipinski definition) is 2. The van der Waals surface area contributed by atoms with Crippen LogP contribution in [0.25, 0.3) is 0 Å². The van der Waals surface area contributed by atoms with Crippen LogP contribution < -0.4 is 28.0 Å². The van der Waals surface area contributed by atoms with Crippen molar-refractivity contribution in [3.05, 3.63) is 0 Å². The van der Waals surface area contributed by atoms with E-state index >= 15 is 0 Å². The van der Waals surface area contributed by atoms with E-state index < -0.39 is 20.5 Å². The molecule has 0 aromatic heterocycles. The third-order valence-corrected chi connectivity index (χ3v) is 0. The minimum absolute atomic E-state index is 0.300. The summed E-state index contributed by atoms with van der Waals surface area (Å²) in [5, 5.41) is 0. The standard InChI is InChI=1S/2ClHO4.O.Zr/c2*2-1(3,4)5;;/h2*(H,2,3,4,5);;. The van der Waals surface area contributed by atoms with Crippen LogP contribution in [0.5, 0.6) is 0 Å². The fourth-order valence-electron chi connectivity index (χ4n) is 0. The van der Waals surface area contributed by atoms with Crippen molar-refractivity contribution in [1.29, 1.82) is 0 Å². The predicted octanol–water partition coefficient (Wildman–Crippen LogP) is -8.37. The molecule has 0 fully saturated rings. The first-order valence-corrected chi connectivity index (χ1v) is 5.00. The van der Waals surface area contributed by atoms with Crippen LogP contribution in [0.4, 0.5) is 0 Å². The minimum atomic E-state index is -4.69. The zero-order valence-corrected chi connectivity index (χ0v) is 8.98. The van der Waals surface area contributed by atoms with E-state index in [4.69, 9.17) is 40.1 Å².